The van der Waals surface area contributed by atoms with Gasteiger partial charge in [0.1, 0.15) is 15.5 Å². The standard InChI is InChI=1S/C29H27N7O4S/c1-4-22(37)33-18-6-5-7-19(18)34-27(38)26-25-24-21(12-13-30-28(24)41-26)36(29(39)35-25)20-10-11-23(32-16(20)3)40-17-9-8-15(2)31-14-17/h4,8-14,18-19H,1,5-7H2,2-3H3,(H,33,37)(H,34,38)(H,35,39)/t18-,19+/m0/s1. The molecule has 12 heteroatoms. The summed E-state index contributed by atoms with van der Waals surface area (Å²) in [5.74, 6) is 0.338. The van der Waals surface area contributed by atoms with Gasteiger partial charge in [-0.3, -0.25) is 19.5 Å². The second-order valence-corrected chi connectivity index (χ2v) is 10.9. The Morgan fingerprint density at radius 1 is 1.10 bits per heavy atom. The number of nitrogens with one attached hydrogen (secondary N) is 3. The number of aryl methyl sites for hydroxylation is 2. The van der Waals surface area contributed by atoms with Gasteiger partial charge in [0.05, 0.1) is 34.3 Å². The Balaban J connectivity index is 1.29. The highest BCUT2D eigenvalue weighted by molar-refractivity contribution is 7.21. The molecule has 41 heavy (non-hydrogen) atoms. The maximum Gasteiger partial charge on any atom is 0.331 e. The topological polar surface area (TPSA) is 138 Å². The predicted octanol–water partition coefficient (Wildman–Crippen LogP) is 5.13. The fraction of sp³-hybridized carbons (Fsp3) is 0.241. The first-order chi connectivity index (χ1) is 19.8. The number of carbonyl (C=O) groups excluding carboxylic acids is 3. The zero-order valence-electron chi connectivity index (χ0n) is 22.4. The second kappa shape index (κ2) is 10.6. The fourth-order valence-corrected chi connectivity index (χ4v) is 6.25. The molecule has 1 aliphatic carbocycles. The Morgan fingerprint density at radius 2 is 1.90 bits per heavy atom. The summed E-state index contributed by atoms with van der Waals surface area (Å²) in [6, 6.07) is 8.05. The van der Waals surface area contributed by atoms with E-state index in [0.29, 0.717) is 49.5 Å². The minimum absolute atomic E-state index is 0.182. The van der Waals surface area contributed by atoms with Crippen LogP contribution in [0.5, 0.6) is 11.6 Å². The van der Waals surface area contributed by atoms with Crippen molar-refractivity contribution in [2.24, 2.45) is 0 Å². The van der Waals surface area contributed by atoms with E-state index in [2.05, 4.69) is 37.5 Å². The van der Waals surface area contributed by atoms with E-state index in [1.807, 2.05) is 19.1 Å². The van der Waals surface area contributed by atoms with Crippen LogP contribution in [0.3, 0.4) is 0 Å². The third-order valence-electron chi connectivity index (χ3n) is 7.18. The molecule has 0 bridgehead atoms. The van der Waals surface area contributed by atoms with Crippen molar-refractivity contribution in [3.05, 3.63) is 71.6 Å². The lowest BCUT2D eigenvalue weighted by atomic mass is 10.1. The summed E-state index contributed by atoms with van der Waals surface area (Å²) in [6.07, 6.45) is 6.85. The van der Waals surface area contributed by atoms with E-state index in [4.69, 9.17) is 4.74 Å². The summed E-state index contributed by atoms with van der Waals surface area (Å²) >= 11 is 1.21. The summed E-state index contributed by atoms with van der Waals surface area (Å²) < 4.78 is 5.84. The maximum absolute atomic E-state index is 13.5. The molecule has 3 N–H and O–H groups in total. The predicted molar refractivity (Wildman–Crippen MR) is 156 cm³/mol. The molecule has 4 aromatic heterocycles. The maximum atomic E-state index is 13.5. The van der Waals surface area contributed by atoms with Gasteiger partial charge in [0.2, 0.25) is 11.8 Å². The average molecular weight is 570 g/mol. The van der Waals surface area contributed by atoms with Crippen LogP contribution in [0, 0.1) is 13.8 Å². The van der Waals surface area contributed by atoms with Crippen LogP contribution in [0.25, 0.3) is 10.2 Å². The summed E-state index contributed by atoms with van der Waals surface area (Å²) in [5.41, 5.74) is 3.05. The lowest BCUT2D eigenvalue weighted by molar-refractivity contribution is -0.117. The first kappa shape index (κ1) is 26.4. The highest BCUT2D eigenvalue weighted by Crippen LogP contribution is 2.46. The SMILES string of the molecule is C=CC(=O)N[C@H]1CCC[C@H]1NC(=O)c1sc2nccc3c2c1NC(=O)N3c1ccc(Oc2ccc(C)nc2)nc1C. The van der Waals surface area contributed by atoms with Crippen molar-refractivity contribution in [2.75, 3.05) is 10.2 Å². The summed E-state index contributed by atoms with van der Waals surface area (Å²) in [5, 5.41) is 9.53. The molecular formula is C29H27N7O4S. The number of aromatic nitrogens is 3. The molecule has 4 aromatic rings. The van der Waals surface area contributed by atoms with Crippen molar-refractivity contribution in [1.82, 2.24) is 25.6 Å². The van der Waals surface area contributed by atoms with Crippen LogP contribution in [0.4, 0.5) is 21.9 Å². The number of hydrogen-bond donors (Lipinski definition) is 3. The van der Waals surface area contributed by atoms with Crippen molar-refractivity contribution >= 4 is 56.5 Å². The number of ether oxygens (including phenoxy) is 1. The van der Waals surface area contributed by atoms with E-state index in [-0.39, 0.29) is 23.9 Å². The van der Waals surface area contributed by atoms with Gasteiger partial charge in [-0.15, -0.1) is 11.3 Å². The van der Waals surface area contributed by atoms with Crippen LogP contribution in [-0.4, -0.2) is 44.9 Å². The van der Waals surface area contributed by atoms with Gasteiger partial charge in [0, 0.05) is 30.0 Å². The smallest absolute Gasteiger partial charge is 0.331 e. The molecular weight excluding hydrogens is 542 g/mol. The molecule has 2 aliphatic rings. The van der Waals surface area contributed by atoms with Crippen LogP contribution in [-0.2, 0) is 4.79 Å². The summed E-state index contributed by atoms with van der Waals surface area (Å²) in [6.45, 7) is 7.19. The van der Waals surface area contributed by atoms with Crippen molar-refractivity contribution in [1.29, 1.82) is 0 Å². The summed E-state index contributed by atoms with van der Waals surface area (Å²) in [7, 11) is 0. The van der Waals surface area contributed by atoms with Gasteiger partial charge in [0.15, 0.2) is 0 Å². The highest BCUT2D eigenvalue weighted by Gasteiger charge is 2.35. The number of urea groups is 1. The number of nitrogens with zero attached hydrogens (tertiary/aromatic N) is 4. The number of anilines is 3. The van der Waals surface area contributed by atoms with Gasteiger partial charge >= 0.3 is 6.03 Å². The zero-order chi connectivity index (χ0) is 28.7. The van der Waals surface area contributed by atoms with E-state index >= 15 is 0 Å². The monoisotopic (exact) mass is 569 g/mol. The molecule has 1 saturated carbocycles. The third-order valence-corrected chi connectivity index (χ3v) is 8.27. The van der Waals surface area contributed by atoms with Gasteiger partial charge in [0.25, 0.3) is 5.91 Å². The Labute approximate surface area is 239 Å². The molecule has 0 spiro atoms. The van der Waals surface area contributed by atoms with Crippen LogP contribution in [0.1, 0.15) is 40.3 Å². The minimum Gasteiger partial charge on any atom is -0.437 e. The van der Waals surface area contributed by atoms with Crippen LogP contribution >= 0.6 is 11.3 Å². The molecule has 1 aliphatic heterocycles. The van der Waals surface area contributed by atoms with Crippen molar-refractivity contribution in [2.45, 2.75) is 45.2 Å². The van der Waals surface area contributed by atoms with Crippen molar-refractivity contribution in [3.8, 4) is 11.6 Å². The molecule has 0 saturated heterocycles. The van der Waals surface area contributed by atoms with Crippen molar-refractivity contribution in [3.63, 3.8) is 0 Å². The number of carbonyl (C=O) groups is 3. The Morgan fingerprint density at radius 3 is 2.63 bits per heavy atom. The normalized spacial score (nSPS) is 17.7. The van der Waals surface area contributed by atoms with Crippen LogP contribution in [0.2, 0.25) is 0 Å². The number of hydrogen-bond acceptors (Lipinski definition) is 8. The van der Waals surface area contributed by atoms with Crippen LogP contribution < -0.4 is 25.6 Å². The molecule has 6 rings (SSSR count). The zero-order valence-corrected chi connectivity index (χ0v) is 23.2. The molecule has 208 valence electrons. The van der Waals surface area contributed by atoms with Crippen LogP contribution in [0.15, 0.2) is 55.4 Å². The largest absolute Gasteiger partial charge is 0.437 e. The molecule has 2 atom stereocenters. The number of pyridine rings is 3. The average Bonchev–Trinajstić information content (AvgIpc) is 3.55. The molecule has 0 aromatic carbocycles. The lowest BCUT2D eigenvalue weighted by Gasteiger charge is -2.29. The molecule has 5 heterocycles. The number of thiophene rings is 1. The van der Waals surface area contributed by atoms with Gasteiger partial charge in [-0.2, -0.15) is 0 Å². The summed E-state index contributed by atoms with van der Waals surface area (Å²) in [4.78, 5) is 54.6. The first-order valence-corrected chi connectivity index (χ1v) is 14.0. The molecule has 4 amide bonds. The van der Waals surface area contributed by atoms with E-state index in [9.17, 15) is 14.4 Å². The Hall–Kier alpha value is -4.84. The minimum atomic E-state index is -0.421. The Bertz CT molecular complexity index is 1700. The highest BCUT2D eigenvalue weighted by atomic mass is 32.1. The van der Waals surface area contributed by atoms with Gasteiger partial charge in [-0.1, -0.05) is 6.58 Å². The van der Waals surface area contributed by atoms with E-state index in [0.717, 1.165) is 25.0 Å². The molecule has 1 fully saturated rings. The molecule has 11 nitrogen and oxygen atoms in total. The lowest BCUT2D eigenvalue weighted by Crippen LogP contribution is -2.48. The fourth-order valence-electron chi connectivity index (χ4n) is 5.22. The van der Waals surface area contributed by atoms with Gasteiger partial charge in [-0.25, -0.2) is 14.8 Å². The van der Waals surface area contributed by atoms with Gasteiger partial charge < -0.3 is 20.7 Å². The van der Waals surface area contributed by atoms with E-state index in [1.165, 1.54) is 22.3 Å². The van der Waals surface area contributed by atoms with E-state index < -0.39 is 6.03 Å². The van der Waals surface area contributed by atoms with Gasteiger partial charge in [-0.05, 0) is 63.5 Å². The quantitative estimate of drug-likeness (QED) is 0.262. The molecule has 0 unspecified atom stereocenters. The Kier molecular flexibility index (Phi) is 6.83. The van der Waals surface area contributed by atoms with Crippen molar-refractivity contribution < 1.29 is 19.1 Å². The second-order valence-electron chi connectivity index (χ2n) is 9.90. The first-order valence-electron chi connectivity index (χ1n) is 13.2. The third kappa shape index (κ3) is 4.97. The van der Waals surface area contributed by atoms with E-state index in [1.54, 1.807) is 37.5 Å². The molecule has 0 radical (unpaired) electrons. The number of amides is 4. The number of rotatable bonds is 7.